The van der Waals surface area contributed by atoms with E-state index in [0.717, 1.165) is 29.9 Å². The first-order valence-electron chi connectivity index (χ1n) is 10.2. The Labute approximate surface area is 199 Å². The molecule has 2 aliphatic rings. The molecule has 2 fully saturated rings. The van der Waals surface area contributed by atoms with Crippen LogP contribution in [0.25, 0.3) is 0 Å². The number of nitrogens with one attached hydrogen (secondary N) is 1. The van der Waals surface area contributed by atoms with Gasteiger partial charge in [0.2, 0.25) is 11.8 Å². The Hall–Kier alpha value is -2.63. The van der Waals surface area contributed by atoms with Crippen molar-refractivity contribution in [2.45, 2.75) is 19.4 Å². The first kappa shape index (κ1) is 23.0. The Kier molecular flexibility index (Phi) is 7.52. The van der Waals surface area contributed by atoms with Gasteiger partial charge in [-0.2, -0.15) is 5.10 Å². The van der Waals surface area contributed by atoms with Crippen molar-refractivity contribution >= 4 is 53.1 Å². The summed E-state index contributed by atoms with van der Waals surface area (Å²) in [5.41, 5.74) is 2.86. The highest BCUT2D eigenvalue weighted by Crippen LogP contribution is 2.21. The van der Waals surface area contributed by atoms with Crippen LogP contribution in [-0.2, 0) is 23.2 Å². The summed E-state index contributed by atoms with van der Waals surface area (Å²) in [4.78, 5) is 34.4. The molecule has 4 rings (SSSR count). The molecule has 1 aromatic heterocycles. The average Bonchev–Trinajstić information content (AvgIpc) is 3.37. The van der Waals surface area contributed by atoms with E-state index < -0.39 is 0 Å². The summed E-state index contributed by atoms with van der Waals surface area (Å²) in [6.45, 7) is 2.94. The quantitative estimate of drug-likeness (QED) is 0.364. The van der Waals surface area contributed by atoms with Gasteiger partial charge in [0.15, 0.2) is 5.96 Å². The number of carbonyl (C=O) groups is 2. The van der Waals surface area contributed by atoms with Gasteiger partial charge < -0.3 is 20.0 Å². The van der Waals surface area contributed by atoms with Gasteiger partial charge in [-0.15, -0.1) is 24.0 Å². The van der Waals surface area contributed by atoms with Gasteiger partial charge in [0.25, 0.3) is 0 Å². The standard InChI is InChI=1S/C21H27N7O2.HI/c1-22-21(26-10-11-28(20(30)15-26)18-13-24-25(2)14-18)23-12-16-5-7-17(8-6-16)27-9-3-4-19(27)29;/h5-8,13-14H,3-4,9-12,15H2,1-2H3,(H,22,23);1H. The van der Waals surface area contributed by atoms with Crippen LogP contribution in [-0.4, -0.2) is 65.7 Å². The van der Waals surface area contributed by atoms with Gasteiger partial charge in [-0.25, -0.2) is 0 Å². The molecule has 31 heavy (non-hydrogen) atoms. The van der Waals surface area contributed by atoms with Gasteiger partial charge >= 0.3 is 0 Å². The minimum Gasteiger partial charge on any atom is -0.352 e. The van der Waals surface area contributed by atoms with Gasteiger partial charge in [-0.05, 0) is 24.1 Å². The molecule has 0 saturated carbocycles. The number of piperazine rings is 1. The molecule has 2 aliphatic heterocycles. The largest absolute Gasteiger partial charge is 0.352 e. The number of anilines is 2. The maximum absolute atomic E-state index is 12.6. The smallest absolute Gasteiger partial charge is 0.246 e. The second-order valence-electron chi connectivity index (χ2n) is 7.56. The molecular weight excluding hydrogens is 509 g/mol. The molecule has 1 N–H and O–H groups in total. The van der Waals surface area contributed by atoms with Crippen molar-refractivity contribution < 1.29 is 9.59 Å². The molecule has 1 aromatic carbocycles. The summed E-state index contributed by atoms with van der Waals surface area (Å²) in [6, 6.07) is 8.01. The summed E-state index contributed by atoms with van der Waals surface area (Å²) < 4.78 is 1.69. The number of benzene rings is 1. The van der Waals surface area contributed by atoms with E-state index >= 15 is 0 Å². The number of nitrogens with zero attached hydrogens (tertiary/aromatic N) is 6. The Bertz CT molecular complexity index is 957. The third-order valence-electron chi connectivity index (χ3n) is 5.51. The zero-order valence-corrected chi connectivity index (χ0v) is 20.2. The summed E-state index contributed by atoms with van der Waals surface area (Å²) in [5.74, 6) is 0.918. The molecule has 2 saturated heterocycles. The van der Waals surface area contributed by atoms with E-state index in [9.17, 15) is 9.59 Å². The van der Waals surface area contributed by atoms with E-state index in [1.165, 1.54) is 0 Å². The number of hydrogen-bond donors (Lipinski definition) is 1. The molecule has 2 aromatic rings. The third-order valence-corrected chi connectivity index (χ3v) is 5.51. The lowest BCUT2D eigenvalue weighted by Gasteiger charge is -2.35. The fourth-order valence-electron chi connectivity index (χ4n) is 3.90. The molecule has 3 heterocycles. The van der Waals surface area contributed by atoms with E-state index in [1.807, 2.05) is 47.3 Å². The lowest BCUT2D eigenvalue weighted by atomic mass is 10.2. The summed E-state index contributed by atoms with van der Waals surface area (Å²) in [5, 5.41) is 7.49. The first-order valence-corrected chi connectivity index (χ1v) is 10.2. The van der Waals surface area contributed by atoms with Gasteiger partial charge in [0.1, 0.15) is 6.54 Å². The van der Waals surface area contributed by atoms with E-state index in [-0.39, 0.29) is 42.3 Å². The number of aliphatic imine (C=N–C) groups is 1. The average molecular weight is 537 g/mol. The Morgan fingerprint density at radius 1 is 1.06 bits per heavy atom. The number of carbonyl (C=O) groups excluding carboxylic acids is 2. The molecule has 0 unspecified atom stereocenters. The molecule has 0 aliphatic carbocycles. The second kappa shape index (κ2) is 10.1. The zero-order valence-electron chi connectivity index (χ0n) is 17.8. The van der Waals surface area contributed by atoms with Crippen LogP contribution < -0.4 is 15.1 Å². The van der Waals surface area contributed by atoms with Crippen LogP contribution in [0, 0.1) is 0 Å². The number of hydrogen-bond acceptors (Lipinski definition) is 4. The molecule has 10 heteroatoms. The van der Waals surface area contributed by atoms with E-state index in [4.69, 9.17) is 0 Å². The number of amides is 2. The van der Waals surface area contributed by atoms with Crippen molar-refractivity contribution in [1.82, 2.24) is 20.0 Å². The highest BCUT2D eigenvalue weighted by atomic mass is 127. The number of guanidine groups is 1. The molecular formula is C21H28IN7O2. The van der Waals surface area contributed by atoms with Crippen LogP contribution >= 0.6 is 24.0 Å². The van der Waals surface area contributed by atoms with E-state index in [1.54, 1.807) is 22.8 Å². The van der Waals surface area contributed by atoms with Gasteiger partial charge in [0, 0.05) is 58.6 Å². The third kappa shape index (κ3) is 5.17. The van der Waals surface area contributed by atoms with E-state index in [0.29, 0.717) is 32.0 Å². The Morgan fingerprint density at radius 2 is 1.81 bits per heavy atom. The van der Waals surface area contributed by atoms with Gasteiger partial charge in [-0.3, -0.25) is 19.3 Å². The number of halogens is 1. The molecule has 0 atom stereocenters. The lowest BCUT2D eigenvalue weighted by molar-refractivity contribution is -0.120. The maximum atomic E-state index is 12.6. The van der Waals surface area contributed by atoms with Crippen molar-refractivity contribution in [3.63, 3.8) is 0 Å². The number of aryl methyl sites for hydroxylation is 1. The molecule has 0 spiro atoms. The molecule has 0 radical (unpaired) electrons. The van der Waals surface area contributed by atoms with Crippen molar-refractivity contribution in [1.29, 1.82) is 0 Å². The number of aromatic nitrogens is 2. The predicted molar refractivity (Wildman–Crippen MR) is 131 cm³/mol. The van der Waals surface area contributed by atoms with E-state index in [2.05, 4.69) is 15.4 Å². The monoisotopic (exact) mass is 537 g/mol. The molecule has 9 nitrogen and oxygen atoms in total. The fourth-order valence-corrected chi connectivity index (χ4v) is 3.90. The van der Waals surface area contributed by atoms with Crippen LogP contribution in [0.4, 0.5) is 11.4 Å². The van der Waals surface area contributed by atoms with Crippen molar-refractivity contribution in [2.24, 2.45) is 12.0 Å². The first-order chi connectivity index (χ1) is 14.5. The summed E-state index contributed by atoms with van der Waals surface area (Å²) >= 11 is 0. The zero-order chi connectivity index (χ0) is 21.1. The minimum absolute atomic E-state index is 0. The predicted octanol–water partition coefficient (Wildman–Crippen LogP) is 1.59. The topological polar surface area (TPSA) is 86.1 Å². The maximum Gasteiger partial charge on any atom is 0.246 e. The Morgan fingerprint density at radius 3 is 2.39 bits per heavy atom. The lowest BCUT2D eigenvalue weighted by Crippen LogP contribution is -2.55. The van der Waals surface area contributed by atoms with Gasteiger partial charge in [-0.1, -0.05) is 12.1 Å². The highest BCUT2D eigenvalue weighted by Gasteiger charge is 2.27. The SMILES string of the molecule is CN=C(NCc1ccc(N2CCCC2=O)cc1)N1CCN(c2cnn(C)c2)C(=O)C1.I. The van der Waals surface area contributed by atoms with Crippen LogP contribution in [0.3, 0.4) is 0 Å². The van der Waals surface area contributed by atoms with Crippen LogP contribution in [0.15, 0.2) is 41.7 Å². The summed E-state index contributed by atoms with van der Waals surface area (Å²) in [6.07, 6.45) is 5.11. The number of rotatable bonds is 4. The second-order valence-corrected chi connectivity index (χ2v) is 7.56. The molecule has 0 bridgehead atoms. The van der Waals surface area contributed by atoms with Crippen LogP contribution in [0.5, 0.6) is 0 Å². The Balaban J connectivity index is 0.00000272. The van der Waals surface area contributed by atoms with Crippen LogP contribution in [0.1, 0.15) is 18.4 Å². The molecule has 2 amide bonds. The van der Waals surface area contributed by atoms with Crippen LogP contribution in [0.2, 0.25) is 0 Å². The normalized spacial score (nSPS) is 17.2. The minimum atomic E-state index is 0. The van der Waals surface area contributed by atoms with Crippen molar-refractivity contribution in [3.8, 4) is 0 Å². The fraction of sp³-hybridized carbons (Fsp3) is 0.429. The van der Waals surface area contributed by atoms with Crippen molar-refractivity contribution in [2.75, 3.05) is 43.0 Å². The highest BCUT2D eigenvalue weighted by molar-refractivity contribution is 14.0. The van der Waals surface area contributed by atoms with Gasteiger partial charge in [0.05, 0.1) is 11.9 Å². The summed E-state index contributed by atoms with van der Waals surface area (Å²) in [7, 11) is 3.56. The molecule has 166 valence electrons. The van der Waals surface area contributed by atoms with Crippen molar-refractivity contribution in [3.05, 3.63) is 42.2 Å².